The maximum atomic E-state index is 14.3. The van der Waals surface area contributed by atoms with Crippen molar-refractivity contribution in [3.8, 4) is 6.07 Å². The number of aryl methyl sites for hydroxylation is 1. The minimum atomic E-state index is -2.32. The van der Waals surface area contributed by atoms with E-state index in [1.54, 1.807) is 0 Å². The van der Waals surface area contributed by atoms with Crippen molar-refractivity contribution in [2.75, 3.05) is 0 Å². The lowest BCUT2D eigenvalue weighted by atomic mass is 9.77. The van der Waals surface area contributed by atoms with Gasteiger partial charge in [-0.3, -0.25) is 0 Å². The van der Waals surface area contributed by atoms with E-state index in [0.717, 1.165) is 36.0 Å². The van der Waals surface area contributed by atoms with Gasteiger partial charge in [-0.05, 0) is 41.9 Å². The number of allylic oxidation sites excluding steroid dienone is 4. The summed E-state index contributed by atoms with van der Waals surface area (Å²) in [6.45, 7) is 2.27. The van der Waals surface area contributed by atoms with Crippen LogP contribution in [0.4, 0.5) is 8.78 Å². The Balaban J connectivity index is 1.46. The van der Waals surface area contributed by atoms with Crippen LogP contribution in [0.25, 0.3) is 0 Å². The molecule has 1 aromatic rings. The van der Waals surface area contributed by atoms with Gasteiger partial charge in [-0.1, -0.05) is 88.6 Å². The van der Waals surface area contributed by atoms with E-state index < -0.39 is 17.4 Å². The first-order chi connectivity index (χ1) is 14.0. The van der Waals surface area contributed by atoms with Crippen molar-refractivity contribution in [1.29, 1.82) is 5.26 Å². The molecule has 1 saturated carbocycles. The SMILES string of the molecule is CCCCCC1CCC(CCc2ccc(C3C=CC(F)(C#N)C=C3F)cc2)CC1. The zero-order valence-corrected chi connectivity index (χ0v) is 17.5. The van der Waals surface area contributed by atoms with Gasteiger partial charge in [-0.2, -0.15) is 5.26 Å². The Hall–Kier alpha value is -1.95. The molecule has 2 atom stereocenters. The summed E-state index contributed by atoms with van der Waals surface area (Å²) < 4.78 is 28.2. The molecule has 0 radical (unpaired) electrons. The van der Waals surface area contributed by atoms with E-state index in [9.17, 15) is 8.78 Å². The van der Waals surface area contributed by atoms with E-state index in [4.69, 9.17) is 5.26 Å². The molecule has 2 unspecified atom stereocenters. The molecule has 156 valence electrons. The van der Waals surface area contributed by atoms with Gasteiger partial charge in [-0.15, -0.1) is 0 Å². The van der Waals surface area contributed by atoms with Crippen molar-refractivity contribution >= 4 is 0 Å². The van der Waals surface area contributed by atoms with E-state index >= 15 is 0 Å². The first kappa shape index (κ1) is 21.8. The lowest BCUT2D eigenvalue weighted by Crippen LogP contribution is -2.18. The number of unbranched alkanes of at least 4 members (excludes halogenated alkanes) is 2. The molecule has 0 aromatic heterocycles. The summed E-state index contributed by atoms with van der Waals surface area (Å²) in [4.78, 5) is 0. The molecular weight excluding hydrogens is 364 g/mol. The van der Waals surface area contributed by atoms with Crippen LogP contribution in [-0.4, -0.2) is 5.67 Å². The van der Waals surface area contributed by atoms with Crippen LogP contribution in [0, 0.1) is 23.2 Å². The molecule has 0 bridgehead atoms. The molecule has 0 aliphatic heterocycles. The third kappa shape index (κ3) is 6.01. The zero-order valence-electron chi connectivity index (χ0n) is 17.5. The minimum absolute atomic E-state index is 0.593. The maximum absolute atomic E-state index is 14.3. The molecule has 0 spiro atoms. The minimum Gasteiger partial charge on any atom is -0.218 e. The van der Waals surface area contributed by atoms with Crippen LogP contribution in [0.5, 0.6) is 0 Å². The second kappa shape index (κ2) is 10.2. The highest BCUT2D eigenvalue weighted by atomic mass is 19.1. The van der Waals surface area contributed by atoms with Crippen molar-refractivity contribution in [3.63, 3.8) is 0 Å². The Labute approximate surface area is 174 Å². The summed E-state index contributed by atoms with van der Waals surface area (Å²) in [6.07, 6.45) is 16.7. The standard InChI is InChI=1S/C26H33F2N/c1-2-3-4-5-20-6-8-21(9-7-20)10-11-22-12-14-23(15-13-22)24-16-17-26(28,19-29)18-25(24)27/h12-18,20-21,24H,2-11H2,1H3. The second-order valence-corrected chi connectivity index (χ2v) is 8.91. The van der Waals surface area contributed by atoms with Crippen LogP contribution < -0.4 is 0 Å². The molecule has 3 heteroatoms. The average molecular weight is 398 g/mol. The summed E-state index contributed by atoms with van der Waals surface area (Å²) in [5, 5.41) is 8.80. The van der Waals surface area contributed by atoms with Crippen LogP contribution in [0.15, 0.2) is 48.3 Å². The van der Waals surface area contributed by atoms with Gasteiger partial charge >= 0.3 is 0 Å². The molecule has 2 aliphatic rings. The molecule has 1 aromatic carbocycles. The van der Waals surface area contributed by atoms with Crippen LogP contribution >= 0.6 is 0 Å². The molecule has 1 fully saturated rings. The number of hydrogen-bond donors (Lipinski definition) is 0. The molecule has 0 heterocycles. The Morgan fingerprint density at radius 3 is 2.28 bits per heavy atom. The van der Waals surface area contributed by atoms with Gasteiger partial charge in [0.1, 0.15) is 11.9 Å². The average Bonchev–Trinajstić information content (AvgIpc) is 2.74. The Morgan fingerprint density at radius 1 is 1.03 bits per heavy atom. The third-order valence-corrected chi connectivity index (χ3v) is 6.71. The predicted molar refractivity (Wildman–Crippen MR) is 115 cm³/mol. The Bertz CT molecular complexity index is 750. The smallest absolute Gasteiger partial charge is 0.218 e. The van der Waals surface area contributed by atoms with E-state index in [2.05, 4.69) is 19.1 Å². The number of alkyl halides is 1. The van der Waals surface area contributed by atoms with Gasteiger partial charge in [-0.25, -0.2) is 8.78 Å². The number of benzene rings is 1. The highest BCUT2D eigenvalue weighted by Gasteiger charge is 2.31. The van der Waals surface area contributed by atoms with Crippen molar-refractivity contribution in [3.05, 3.63) is 59.4 Å². The van der Waals surface area contributed by atoms with Crippen molar-refractivity contribution < 1.29 is 8.78 Å². The summed E-state index contributed by atoms with van der Waals surface area (Å²) in [5.74, 6) is 0.597. The lowest BCUT2D eigenvalue weighted by Gasteiger charge is -2.28. The van der Waals surface area contributed by atoms with Crippen LogP contribution in [-0.2, 0) is 6.42 Å². The van der Waals surface area contributed by atoms with Gasteiger partial charge in [0, 0.05) is 6.08 Å². The Morgan fingerprint density at radius 2 is 1.69 bits per heavy atom. The zero-order chi connectivity index (χ0) is 20.7. The predicted octanol–water partition coefficient (Wildman–Crippen LogP) is 7.74. The van der Waals surface area contributed by atoms with Crippen molar-refractivity contribution in [1.82, 2.24) is 0 Å². The largest absolute Gasteiger partial charge is 0.235 e. The van der Waals surface area contributed by atoms with Crippen LogP contribution in [0.3, 0.4) is 0 Å². The fraction of sp³-hybridized carbons (Fsp3) is 0.577. The fourth-order valence-corrected chi connectivity index (χ4v) is 4.76. The summed E-state index contributed by atoms with van der Waals surface area (Å²) in [7, 11) is 0. The Kier molecular flexibility index (Phi) is 7.64. The van der Waals surface area contributed by atoms with Gasteiger partial charge in [0.05, 0.1) is 5.92 Å². The molecule has 0 amide bonds. The van der Waals surface area contributed by atoms with Crippen molar-refractivity contribution in [2.45, 2.75) is 82.7 Å². The second-order valence-electron chi connectivity index (χ2n) is 8.91. The maximum Gasteiger partial charge on any atom is 0.235 e. The number of halogens is 2. The van der Waals surface area contributed by atoms with Crippen molar-refractivity contribution in [2.24, 2.45) is 11.8 Å². The normalized spacial score (nSPS) is 29.3. The molecule has 0 N–H and O–H groups in total. The van der Waals surface area contributed by atoms with Crippen LogP contribution in [0.1, 0.15) is 81.8 Å². The van der Waals surface area contributed by atoms with E-state index in [-0.39, 0.29) is 0 Å². The molecule has 1 nitrogen and oxygen atoms in total. The number of rotatable bonds is 8. The van der Waals surface area contributed by atoms with Crippen LogP contribution in [0.2, 0.25) is 0 Å². The quantitative estimate of drug-likeness (QED) is 0.325. The summed E-state index contributed by atoms with van der Waals surface area (Å²) in [6, 6.07) is 9.47. The topological polar surface area (TPSA) is 23.8 Å². The first-order valence-electron chi connectivity index (χ1n) is 11.3. The molecular formula is C26H33F2N. The summed E-state index contributed by atoms with van der Waals surface area (Å²) >= 11 is 0. The highest BCUT2D eigenvalue weighted by Crippen LogP contribution is 2.36. The summed E-state index contributed by atoms with van der Waals surface area (Å²) in [5.41, 5.74) is -0.249. The van der Waals surface area contributed by atoms with E-state index in [1.165, 1.54) is 75.5 Å². The third-order valence-electron chi connectivity index (χ3n) is 6.71. The van der Waals surface area contributed by atoms with E-state index in [1.807, 2.05) is 12.1 Å². The number of nitrogens with zero attached hydrogens (tertiary/aromatic N) is 1. The molecule has 3 rings (SSSR count). The monoisotopic (exact) mass is 397 g/mol. The van der Waals surface area contributed by atoms with Gasteiger partial charge in [0.2, 0.25) is 5.67 Å². The van der Waals surface area contributed by atoms with Gasteiger partial charge in [0.15, 0.2) is 0 Å². The van der Waals surface area contributed by atoms with Gasteiger partial charge < -0.3 is 0 Å². The fourth-order valence-electron chi connectivity index (χ4n) is 4.76. The van der Waals surface area contributed by atoms with E-state index in [0.29, 0.717) is 0 Å². The number of nitriles is 1. The highest BCUT2D eigenvalue weighted by molar-refractivity contribution is 5.42. The first-order valence-corrected chi connectivity index (χ1v) is 11.3. The molecule has 0 saturated heterocycles. The lowest BCUT2D eigenvalue weighted by molar-refractivity contribution is 0.249. The molecule has 2 aliphatic carbocycles. The number of hydrogen-bond acceptors (Lipinski definition) is 1. The van der Waals surface area contributed by atoms with Gasteiger partial charge in [0.25, 0.3) is 0 Å². The molecule has 29 heavy (non-hydrogen) atoms.